The maximum atomic E-state index is 12.7. The van der Waals surface area contributed by atoms with E-state index >= 15 is 0 Å². The van der Waals surface area contributed by atoms with Crippen molar-refractivity contribution in [3.8, 4) is 11.1 Å². The highest BCUT2D eigenvalue weighted by Gasteiger charge is 2.19. The normalized spacial score (nSPS) is 12.0. The fraction of sp³-hybridized carbons (Fsp3) is 0.136. The van der Waals surface area contributed by atoms with Gasteiger partial charge in [-0.15, -0.1) is 16.4 Å². The number of thioether (sulfide) groups is 1. The molecular formula is C22H17N3OS2. The van der Waals surface area contributed by atoms with Crippen molar-refractivity contribution in [2.45, 2.75) is 18.0 Å². The summed E-state index contributed by atoms with van der Waals surface area (Å²) in [6.07, 6.45) is 1.68. The van der Waals surface area contributed by atoms with Gasteiger partial charge in [0, 0.05) is 16.9 Å². The van der Waals surface area contributed by atoms with Crippen LogP contribution < -0.4 is 0 Å². The topological polar surface area (TPSA) is 58.6 Å². The van der Waals surface area contributed by atoms with E-state index in [1.807, 2.05) is 18.2 Å². The molecule has 0 bridgehead atoms. The first kappa shape index (κ1) is 17.4. The highest BCUT2D eigenvalue weighted by Crippen LogP contribution is 2.37. The van der Waals surface area contributed by atoms with Crippen LogP contribution >= 0.6 is 23.1 Å². The second-order valence-corrected chi connectivity index (χ2v) is 8.71. The summed E-state index contributed by atoms with van der Waals surface area (Å²) in [4.78, 5) is 18.4. The molecule has 0 spiro atoms. The summed E-state index contributed by atoms with van der Waals surface area (Å²) in [5, 5.41) is 9.86. The molecule has 1 aliphatic rings. The van der Waals surface area contributed by atoms with Crippen molar-refractivity contribution in [3.63, 3.8) is 0 Å². The zero-order chi connectivity index (χ0) is 18.9. The molecule has 4 nitrogen and oxygen atoms in total. The van der Waals surface area contributed by atoms with Crippen LogP contribution in [-0.4, -0.2) is 26.7 Å². The molecule has 2 aromatic carbocycles. The Balaban J connectivity index is 1.27. The van der Waals surface area contributed by atoms with E-state index in [1.54, 1.807) is 11.3 Å². The molecule has 0 saturated carbocycles. The van der Waals surface area contributed by atoms with Gasteiger partial charge in [0.05, 0.1) is 5.75 Å². The first-order valence-corrected chi connectivity index (χ1v) is 10.9. The maximum Gasteiger partial charge on any atom is 0.208 e. The van der Waals surface area contributed by atoms with E-state index in [0.29, 0.717) is 10.9 Å². The molecule has 138 valence electrons. The zero-order valence-electron chi connectivity index (χ0n) is 15.0. The summed E-state index contributed by atoms with van der Waals surface area (Å²) < 4.78 is 0. The Morgan fingerprint density at radius 1 is 1.07 bits per heavy atom. The van der Waals surface area contributed by atoms with Gasteiger partial charge < -0.3 is 0 Å². The number of ketones is 1. The van der Waals surface area contributed by atoms with Gasteiger partial charge >= 0.3 is 0 Å². The standard InChI is InChI=1S/C22H17N3OS2/c26-20(13-28-22-23-21(24-25-22)12-17-5-3-9-27-17)16-8-7-15-10-14-4-1-2-6-18(14)19(15)11-16/h1-9,11H,10,12-13H2,(H,23,24,25). The van der Waals surface area contributed by atoms with Crippen molar-refractivity contribution in [1.82, 2.24) is 15.2 Å². The van der Waals surface area contributed by atoms with Gasteiger partial charge in [-0.25, -0.2) is 4.98 Å². The number of nitrogens with one attached hydrogen (secondary N) is 1. The summed E-state index contributed by atoms with van der Waals surface area (Å²) in [6.45, 7) is 0. The number of carbonyl (C=O) groups excluding carboxylic acids is 1. The van der Waals surface area contributed by atoms with E-state index in [-0.39, 0.29) is 5.78 Å². The third-order valence-corrected chi connectivity index (χ3v) is 6.61. The third kappa shape index (κ3) is 3.41. The Labute approximate surface area is 171 Å². The summed E-state index contributed by atoms with van der Waals surface area (Å²) in [6, 6.07) is 18.6. The minimum Gasteiger partial charge on any atom is -0.293 e. The molecule has 0 amide bonds. The highest BCUT2D eigenvalue weighted by atomic mass is 32.2. The van der Waals surface area contributed by atoms with Crippen molar-refractivity contribution in [2.75, 3.05) is 5.75 Å². The predicted molar refractivity (Wildman–Crippen MR) is 113 cm³/mol. The van der Waals surface area contributed by atoms with Gasteiger partial charge in [0.1, 0.15) is 5.82 Å². The molecule has 2 heterocycles. The minimum atomic E-state index is 0.0989. The van der Waals surface area contributed by atoms with Crippen molar-refractivity contribution in [2.24, 2.45) is 0 Å². The molecule has 2 aromatic heterocycles. The molecule has 0 saturated heterocycles. The molecule has 0 radical (unpaired) electrons. The van der Waals surface area contributed by atoms with Gasteiger partial charge in [-0.3, -0.25) is 9.89 Å². The van der Waals surface area contributed by atoms with Crippen LogP contribution in [0.15, 0.2) is 65.1 Å². The van der Waals surface area contributed by atoms with E-state index in [0.717, 1.165) is 24.2 Å². The Kier molecular flexibility index (Phi) is 4.58. The lowest BCUT2D eigenvalue weighted by atomic mass is 10.0. The number of aromatic amines is 1. The lowest BCUT2D eigenvalue weighted by Crippen LogP contribution is -2.03. The van der Waals surface area contributed by atoms with E-state index in [2.05, 4.69) is 57.0 Å². The van der Waals surface area contributed by atoms with Crippen LogP contribution in [0.3, 0.4) is 0 Å². The van der Waals surface area contributed by atoms with E-state index < -0.39 is 0 Å². The van der Waals surface area contributed by atoms with Crippen LogP contribution in [0, 0.1) is 0 Å². The SMILES string of the molecule is O=C(CSc1n[nH]c(Cc2cccs2)n1)c1ccc2c(c1)-c1ccccc1C2. The van der Waals surface area contributed by atoms with Crippen LogP contribution in [-0.2, 0) is 12.8 Å². The van der Waals surface area contributed by atoms with Crippen molar-refractivity contribution >= 4 is 28.9 Å². The number of aromatic nitrogens is 3. The predicted octanol–water partition coefficient (Wildman–Crippen LogP) is 5.00. The summed E-state index contributed by atoms with van der Waals surface area (Å²) >= 11 is 3.07. The molecule has 0 atom stereocenters. The van der Waals surface area contributed by atoms with E-state index in [4.69, 9.17) is 0 Å². The smallest absolute Gasteiger partial charge is 0.208 e. The second-order valence-electron chi connectivity index (χ2n) is 6.74. The number of Topliss-reactive ketones (excluding diaryl/α,β-unsaturated/α-hetero) is 1. The van der Waals surface area contributed by atoms with Crippen LogP contribution in [0.5, 0.6) is 0 Å². The molecule has 0 aliphatic heterocycles. The number of thiophene rings is 1. The average molecular weight is 404 g/mol. The molecule has 0 unspecified atom stereocenters. The number of hydrogen-bond donors (Lipinski definition) is 1. The molecule has 5 rings (SSSR count). The Bertz CT molecular complexity index is 1150. The minimum absolute atomic E-state index is 0.0989. The van der Waals surface area contributed by atoms with Crippen molar-refractivity contribution < 1.29 is 4.79 Å². The second kappa shape index (κ2) is 7.37. The summed E-state index contributed by atoms with van der Waals surface area (Å²) in [7, 11) is 0. The Hall–Kier alpha value is -2.70. The van der Waals surface area contributed by atoms with Gasteiger partial charge in [0.25, 0.3) is 0 Å². The number of rotatable bonds is 6. The number of nitrogens with zero attached hydrogens (tertiary/aromatic N) is 2. The van der Waals surface area contributed by atoms with Gasteiger partial charge in [-0.05, 0) is 46.2 Å². The quantitative estimate of drug-likeness (QED) is 0.320. The highest BCUT2D eigenvalue weighted by molar-refractivity contribution is 7.99. The maximum absolute atomic E-state index is 12.7. The number of benzene rings is 2. The Morgan fingerprint density at radius 3 is 2.86 bits per heavy atom. The molecule has 1 aliphatic carbocycles. The van der Waals surface area contributed by atoms with Crippen molar-refractivity contribution in [1.29, 1.82) is 0 Å². The van der Waals surface area contributed by atoms with Gasteiger partial charge in [-0.1, -0.05) is 54.2 Å². The Morgan fingerprint density at radius 2 is 1.96 bits per heavy atom. The molecule has 6 heteroatoms. The monoisotopic (exact) mass is 403 g/mol. The number of fused-ring (bicyclic) bond motifs is 3. The largest absolute Gasteiger partial charge is 0.293 e. The number of carbonyl (C=O) groups is 1. The van der Waals surface area contributed by atoms with Crippen LogP contribution in [0.2, 0.25) is 0 Å². The summed E-state index contributed by atoms with van der Waals surface area (Å²) in [5.41, 5.74) is 5.79. The van der Waals surface area contributed by atoms with Gasteiger partial charge in [-0.2, -0.15) is 0 Å². The van der Waals surface area contributed by atoms with Gasteiger partial charge in [0.15, 0.2) is 5.78 Å². The lowest BCUT2D eigenvalue weighted by Gasteiger charge is -2.04. The van der Waals surface area contributed by atoms with E-state index in [1.165, 1.54) is 38.9 Å². The molecule has 4 aromatic rings. The molecule has 28 heavy (non-hydrogen) atoms. The fourth-order valence-electron chi connectivity index (χ4n) is 3.51. The average Bonchev–Trinajstić information content (AvgIpc) is 3.46. The van der Waals surface area contributed by atoms with Crippen LogP contribution in [0.1, 0.15) is 32.2 Å². The first-order chi connectivity index (χ1) is 13.8. The molecule has 0 fully saturated rings. The number of H-pyrrole nitrogens is 1. The summed E-state index contributed by atoms with van der Waals surface area (Å²) in [5.74, 6) is 1.25. The van der Waals surface area contributed by atoms with E-state index in [9.17, 15) is 4.79 Å². The molecular weight excluding hydrogens is 386 g/mol. The van der Waals surface area contributed by atoms with Crippen LogP contribution in [0.4, 0.5) is 0 Å². The van der Waals surface area contributed by atoms with Gasteiger partial charge in [0.2, 0.25) is 5.16 Å². The number of hydrogen-bond acceptors (Lipinski definition) is 5. The lowest BCUT2D eigenvalue weighted by molar-refractivity contribution is 0.102. The first-order valence-electron chi connectivity index (χ1n) is 9.07. The van der Waals surface area contributed by atoms with Crippen LogP contribution in [0.25, 0.3) is 11.1 Å². The fourth-order valence-corrected chi connectivity index (χ4v) is 4.93. The van der Waals surface area contributed by atoms with Crippen molar-refractivity contribution in [3.05, 3.63) is 87.4 Å². The zero-order valence-corrected chi connectivity index (χ0v) is 16.6. The molecule has 1 N–H and O–H groups in total. The third-order valence-electron chi connectivity index (χ3n) is 4.89.